The van der Waals surface area contributed by atoms with Gasteiger partial charge in [0, 0.05) is 12.6 Å². The molecule has 2 aliphatic heterocycles. The van der Waals surface area contributed by atoms with Crippen molar-refractivity contribution in [3.8, 4) is 0 Å². The lowest BCUT2D eigenvalue weighted by Gasteiger charge is -2.34. The van der Waals surface area contributed by atoms with Crippen LogP contribution in [-0.4, -0.2) is 43.3 Å². The van der Waals surface area contributed by atoms with Crippen molar-refractivity contribution in [2.24, 2.45) is 5.92 Å². The number of nitrogens with one attached hydrogen (secondary N) is 1. The van der Waals surface area contributed by atoms with Gasteiger partial charge >= 0.3 is 6.18 Å². The van der Waals surface area contributed by atoms with Gasteiger partial charge in [-0.25, -0.2) is 0 Å². The standard InChI is InChI=1S/C11H19F3N2/c12-11(13,14)9-3-6-16(7-4-9)8-10-2-1-5-15-10/h9-10,15H,1-8H2/t10-/m0/s1. The Balaban J connectivity index is 1.72. The van der Waals surface area contributed by atoms with E-state index in [1.807, 2.05) is 0 Å². The van der Waals surface area contributed by atoms with Gasteiger partial charge in [0.2, 0.25) is 0 Å². The van der Waals surface area contributed by atoms with Crippen LogP contribution in [0.5, 0.6) is 0 Å². The van der Waals surface area contributed by atoms with Crippen molar-refractivity contribution in [1.29, 1.82) is 0 Å². The molecule has 0 aromatic carbocycles. The maximum absolute atomic E-state index is 12.4. The molecule has 2 heterocycles. The summed E-state index contributed by atoms with van der Waals surface area (Å²) in [5.41, 5.74) is 0. The van der Waals surface area contributed by atoms with Crippen molar-refractivity contribution in [1.82, 2.24) is 10.2 Å². The second-order valence-electron chi connectivity index (χ2n) is 4.91. The van der Waals surface area contributed by atoms with Crippen LogP contribution in [0, 0.1) is 5.92 Å². The Morgan fingerprint density at radius 3 is 2.31 bits per heavy atom. The zero-order valence-corrected chi connectivity index (χ0v) is 9.39. The first-order valence-corrected chi connectivity index (χ1v) is 6.08. The molecule has 16 heavy (non-hydrogen) atoms. The summed E-state index contributed by atoms with van der Waals surface area (Å²) in [4.78, 5) is 2.17. The summed E-state index contributed by atoms with van der Waals surface area (Å²) >= 11 is 0. The smallest absolute Gasteiger partial charge is 0.313 e. The number of halogens is 3. The fourth-order valence-corrected chi connectivity index (χ4v) is 2.67. The number of nitrogens with zero attached hydrogens (tertiary/aromatic N) is 1. The number of rotatable bonds is 2. The van der Waals surface area contributed by atoms with Gasteiger partial charge in [-0.05, 0) is 45.3 Å². The van der Waals surface area contributed by atoms with Gasteiger partial charge in [-0.1, -0.05) is 0 Å². The molecule has 0 radical (unpaired) electrons. The lowest BCUT2D eigenvalue weighted by molar-refractivity contribution is -0.185. The largest absolute Gasteiger partial charge is 0.391 e. The van der Waals surface area contributed by atoms with Crippen molar-refractivity contribution < 1.29 is 13.2 Å². The molecular formula is C11H19F3N2. The van der Waals surface area contributed by atoms with Crippen LogP contribution in [0.25, 0.3) is 0 Å². The molecule has 0 bridgehead atoms. The summed E-state index contributed by atoms with van der Waals surface area (Å²) in [7, 11) is 0. The Hall–Kier alpha value is -0.290. The first-order valence-electron chi connectivity index (χ1n) is 6.08. The van der Waals surface area contributed by atoms with Crippen LogP contribution < -0.4 is 5.32 Å². The molecule has 0 unspecified atom stereocenters. The zero-order valence-electron chi connectivity index (χ0n) is 9.39. The number of piperidine rings is 1. The third-order valence-electron chi connectivity index (χ3n) is 3.69. The van der Waals surface area contributed by atoms with Crippen molar-refractivity contribution in [3.05, 3.63) is 0 Å². The van der Waals surface area contributed by atoms with E-state index >= 15 is 0 Å². The van der Waals surface area contributed by atoms with Gasteiger partial charge in [0.05, 0.1) is 5.92 Å². The summed E-state index contributed by atoms with van der Waals surface area (Å²) < 4.78 is 37.3. The molecule has 2 aliphatic rings. The van der Waals surface area contributed by atoms with Gasteiger partial charge in [0.15, 0.2) is 0 Å². The van der Waals surface area contributed by atoms with Gasteiger partial charge < -0.3 is 10.2 Å². The number of alkyl halides is 3. The van der Waals surface area contributed by atoms with Crippen molar-refractivity contribution in [3.63, 3.8) is 0 Å². The van der Waals surface area contributed by atoms with Crippen LogP contribution in [0.15, 0.2) is 0 Å². The molecule has 2 fully saturated rings. The summed E-state index contributed by atoms with van der Waals surface area (Å²) in [5, 5.41) is 3.38. The van der Waals surface area contributed by atoms with Gasteiger partial charge in [-0.15, -0.1) is 0 Å². The molecule has 94 valence electrons. The minimum atomic E-state index is -3.99. The second-order valence-corrected chi connectivity index (χ2v) is 4.91. The summed E-state index contributed by atoms with van der Waals surface area (Å²) in [5.74, 6) is -1.07. The molecule has 1 atom stereocenters. The van der Waals surface area contributed by atoms with Crippen LogP contribution in [0.3, 0.4) is 0 Å². The SMILES string of the molecule is FC(F)(F)C1CCN(C[C@@H]2CCCN2)CC1. The lowest BCUT2D eigenvalue weighted by Crippen LogP contribution is -2.44. The van der Waals surface area contributed by atoms with E-state index in [-0.39, 0.29) is 12.8 Å². The molecule has 5 heteroatoms. The minimum absolute atomic E-state index is 0.274. The quantitative estimate of drug-likeness (QED) is 0.789. The molecule has 2 saturated heterocycles. The normalized spacial score (nSPS) is 29.8. The van der Waals surface area contributed by atoms with E-state index in [1.54, 1.807) is 0 Å². The zero-order chi connectivity index (χ0) is 11.6. The molecule has 0 aliphatic carbocycles. The highest BCUT2D eigenvalue weighted by Gasteiger charge is 2.41. The Morgan fingerprint density at radius 1 is 1.12 bits per heavy atom. The van der Waals surface area contributed by atoms with E-state index in [4.69, 9.17) is 0 Å². The molecule has 1 N–H and O–H groups in total. The van der Waals surface area contributed by atoms with Crippen LogP contribution in [-0.2, 0) is 0 Å². The fourth-order valence-electron chi connectivity index (χ4n) is 2.67. The lowest BCUT2D eigenvalue weighted by atomic mass is 9.96. The first-order chi connectivity index (χ1) is 7.55. The predicted molar refractivity (Wildman–Crippen MR) is 56.2 cm³/mol. The van der Waals surface area contributed by atoms with Gasteiger partial charge in [0.25, 0.3) is 0 Å². The Bertz CT molecular complexity index is 216. The molecule has 0 aromatic rings. The van der Waals surface area contributed by atoms with E-state index in [9.17, 15) is 13.2 Å². The van der Waals surface area contributed by atoms with Crippen LogP contribution in [0.1, 0.15) is 25.7 Å². The van der Waals surface area contributed by atoms with Crippen LogP contribution in [0.2, 0.25) is 0 Å². The third-order valence-corrected chi connectivity index (χ3v) is 3.69. The van der Waals surface area contributed by atoms with Crippen LogP contribution in [0.4, 0.5) is 13.2 Å². The number of hydrogen-bond acceptors (Lipinski definition) is 2. The molecule has 0 aromatic heterocycles. The van der Waals surface area contributed by atoms with E-state index in [1.165, 1.54) is 12.8 Å². The predicted octanol–water partition coefficient (Wildman–Crippen LogP) is 2.01. The van der Waals surface area contributed by atoms with Crippen molar-refractivity contribution in [2.75, 3.05) is 26.2 Å². The molecule has 0 spiro atoms. The summed E-state index contributed by atoms with van der Waals surface area (Å²) in [6.07, 6.45) is -1.08. The molecule has 2 rings (SSSR count). The van der Waals surface area contributed by atoms with Crippen molar-refractivity contribution in [2.45, 2.75) is 37.9 Å². The van der Waals surface area contributed by atoms with Gasteiger partial charge in [0.1, 0.15) is 0 Å². The maximum Gasteiger partial charge on any atom is 0.391 e. The number of hydrogen-bond donors (Lipinski definition) is 1. The third kappa shape index (κ3) is 3.10. The Labute approximate surface area is 94.2 Å². The maximum atomic E-state index is 12.4. The fraction of sp³-hybridized carbons (Fsp3) is 1.00. The van der Waals surface area contributed by atoms with E-state index in [2.05, 4.69) is 10.2 Å². The summed E-state index contributed by atoms with van der Waals surface area (Å²) in [6.45, 7) is 3.18. The Morgan fingerprint density at radius 2 is 1.81 bits per heavy atom. The minimum Gasteiger partial charge on any atom is -0.313 e. The molecule has 2 nitrogen and oxygen atoms in total. The summed E-state index contributed by atoms with van der Waals surface area (Å²) in [6, 6.07) is 0.502. The van der Waals surface area contributed by atoms with Gasteiger partial charge in [-0.2, -0.15) is 13.2 Å². The van der Waals surface area contributed by atoms with Gasteiger partial charge in [-0.3, -0.25) is 0 Å². The highest BCUT2D eigenvalue weighted by molar-refractivity contribution is 4.82. The van der Waals surface area contributed by atoms with E-state index in [0.29, 0.717) is 19.1 Å². The highest BCUT2D eigenvalue weighted by atomic mass is 19.4. The van der Waals surface area contributed by atoms with E-state index in [0.717, 1.165) is 13.1 Å². The number of likely N-dealkylation sites (tertiary alicyclic amines) is 1. The van der Waals surface area contributed by atoms with Crippen molar-refractivity contribution >= 4 is 0 Å². The monoisotopic (exact) mass is 236 g/mol. The average molecular weight is 236 g/mol. The molecular weight excluding hydrogens is 217 g/mol. The highest BCUT2D eigenvalue weighted by Crippen LogP contribution is 2.34. The topological polar surface area (TPSA) is 15.3 Å². The molecule has 0 saturated carbocycles. The molecule has 0 amide bonds. The van der Waals surface area contributed by atoms with E-state index < -0.39 is 12.1 Å². The van der Waals surface area contributed by atoms with Crippen LogP contribution >= 0.6 is 0 Å². The second kappa shape index (κ2) is 4.92. The first kappa shape index (κ1) is 12.2. The Kier molecular flexibility index (Phi) is 3.74. The average Bonchev–Trinajstić information content (AvgIpc) is 2.70.